The van der Waals surface area contributed by atoms with Gasteiger partial charge in [-0.05, 0) is 37.1 Å². The van der Waals surface area contributed by atoms with Crippen LogP contribution in [0.15, 0.2) is 17.0 Å². The Kier molecular flexibility index (Phi) is 3.84. The number of primary sulfonamides is 1. The summed E-state index contributed by atoms with van der Waals surface area (Å²) in [6, 6.07) is 2.67. The predicted octanol–water partition coefficient (Wildman–Crippen LogP) is 0.859. The van der Waals surface area contributed by atoms with Gasteiger partial charge in [0.15, 0.2) is 6.67 Å². The summed E-state index contributed by atoms with van der Waals surface area (Å²) in [5.74, 6) is -0.782. The molecule has 5 nitrogen and oxygen atoms in total. The van der Waals surface area contributed by atoms with Gasteiger partial charge < -0.3 is 5.32 Å². The number of halogens is 1. The van der Waals surface area contributed by atoms with E-state index in [4.69, 9.17) is 5.14 Å². The first kappa shape index (κ1) is 13.6. The van der Waals surface area contributed by atoms with Gasteiger partial charge in [0.05, 0.1) is 4.90 Å². The van der Waals surface area contributed by atoms with Crippen molar-refractivity contribution >= 4 is 21.6 Å². The number of hydrogen-bond donors (Lipinski definition) is 2. The zero-order chi connectivity index (χ0) is 13.2. The Hall–Kier alpha value is -1.47. The summed E-state index contributed by atoms with van der Waals surface area (Å²) in [6.45, 7) is 2.06. The number of sulfonamides is 1. The molecule has 1 rings (SSSR count). The van der Waals surface area contributed by atoms with Gasteiger partial charge in [-0.3, -0.25) is 4.79 Å². The molecule has 1 aromatic rings. The van der Waals surface area contributed by atoms with Gasteiger partial charge in [-0.2, -0.15) is 0 Å². The van der Waals surface area contributed by atoms with E-state index in [9.17, 15) is 17.6 Å². The smallest absolute Gasteiger partial charge is 0.255 e. The normalized spacial score (nSPS) is 11.3. The molecular formula is C10H13FN2O3S. The molecule has 0 aromatic heterocycles. The highest BCUT2D eigenvalue weighted by molar-refractivity contribution is 7.89. The third-order valence-electron chi connectivity index (χ3n) is 2.44. The molecule has 0 heterocycles. The van der Waals surface area contributed by atoms with E-state index in [-0.39, 0.29) is 4.90 Å². The van der Waals surface area contributed by atoms with E-state index in [0.717, 1.165) is 0 Å². The van der Waals surface area contributed by atoms with E-state index in [0.29, 0.717) is 16.8 Å². The van der Waals surface area contributed by atoms with Gasteiger partial charge in [0, 0.05) is 5.69 Å². The fraction of sp³-hybridized carbons (Fsp3) is 0.300. The van der Waals surface area contributed by atoms with Gasteiger partial charge in [0.2, 0.25) is 10.0 Å². The Labute approximate surface area is 98.9 Å². The molecule has 17 heavy (non-hydrogen) atoms. The van der Waals surface area contributed by atoms with Crippen molar-refractivity contribution in [2.45, 2.75) is 18.7 Å². The highest BCUT2D eigenvalue weighted by Crippen LogP contribution is 2.24. The molecule has 3 N–H and O–H groups in total. The number of rotatable bonds is 3. The molecule has 0 aliphatic heterocycles. The number of carbonyl (C=O) groups excluding carboxylic acids is 1. The summed E-state index contributed by atoms with van der Waals surface area (Å²) in [6.07, 6.45) is 0. The quantitative estimate of drug-likeness (QED) is 0.844. The van der Waals surface area contributed by atoms with Crippen molar-refractivity contribution < 1.29 is 17.6 Å². The lowest BCUT2D eigenvalue weighted by molar-refractivity contribution is -0.117. The summed E-state index contributed by atoms with van der Waals surface area (Å²) in [4.78, 5) is 10.9. The topological polar surface area (TPSA) is 89.3 Å². The minimum Gasteiger partial charge on any atom is -0.324 e. The monoisotopic (exact) mass is 260 g/mol. The molecule has 1 amide bonds. The van der Waals surface area contributed by atoms with Crippen LogP contribution in [0.1, 0.15) is 11.1 Å². The maximum atomic E-state index is 12.0. The van der Waals surface area contributed by atoms with Gasteiger partial charge >= 0.3 is 0 Å². The van der Waals surface area contributed by atoms with Crippen molar-refractivity contribution in [2.24, 2.45) is 5.14 Å². The van der Waals surface area contributed by atoms with Crippen molar-refractivity contribution in [1.29, 1.82) is 0 Å². The second kappa shape index (κ2) is 4.80. The van der Waals surface area contributed by atoms with E-state index < -0.39 is 22.6 Å². The second-order valence-electron chi connectivity index (χ2n) is 3.59. The largest absolute Gasteiger partial charge is 0.324 e. The minimum atomic E-state index is -3.79. The number of benzene rings is 1. The van der Waals surface area contributed by atoms with Crippen molar-refractivity contribution in [3.63, 3.8) is 0 Å². The Morgan fingerprint density at radius 3 is 2.41 bits per heavy atom. The molecular weight excluding hydrogens is 247 g/mol. The number of carbonyl (C=O) groups is 1. The van der Waals surface area contributed by atoms with Crippen LogP contribution in [0, 0.1) is 13.8 Å². The molecule has 0 unspecified atom stereocenters. The third-order valence-corrected chi connectivity index (χ3v) is 3.49. The van der Waals surface area contributed by atoms with Crippen LogP contribution in [-0.4, -0.2) is 21.0 Å². The highest BCUT2D eigenvalue weighted by Gasteiger charge is 2.15. The maximum Gasteiger partial charge on any atom is 0.255 e. The number of nitrogens with two attached hydrogens (primary N) is 1. The van der Waals surface area contributed by atoms with Gasteiger partial charge in [-0.25, -0.2) is 17.9 Å². The number of alkyl halides is 1. The van der Waals surface area contributed by atoms with Crippen LogP contribution in [0.25, 0.3) is 0 Å². The molecule has 7 heteroatoms. The van der Waals surface area contributed by atoms with E-state index in [2.05, 4.69) is 5.32 Å². The summed E-state index contributed by atoms with van der Waals surface area (Å²) >= 11 is 0. The second-order valence-corrected chi connectivity index (χ2v) is 5.12. The number of nitrogens with one attached hydrogen (secondary N) is 1. The van der Waals surface area contributed by atoms with Crippen molar-refractivity contribution in [3.8, 4) is 0 Å². The summed E-state index contributed by atoms with van der Waals surface area (Å²) < 4.78 is 34.5. The molecule has 0 radical (unpaired) electrons. The Bertz CT molecular complexity index is 555. The van der Waals surface area contributed by atoms with E-state index in [1.807, 2.05) is 0 Å². The van der Waals surface area contributed by atoms with Crippen LogP contribution in [0.3, 0.4) is 0 Å². The summed E-state index contributed by atoms with van der Waals surface area (Å²) in [5, 5.41) is 7.36. The average molecular weight is 260 g/mol. The first-order valence-electron chi connectivity index (χ1n) is 4.76. The summed E-state index contributed by atoms with van der Waals surface area (Å²) in [7, 11) is -3.79. The zero-order valence-electron chi connectivity index (χ0n) is 9.45. The van der Waals surface area contributed by atoms with Gasteiger partial charge in [-0.15, -0.1) is 0 Å². The molecule has 0 spiro atoms. The highest BCUT2D eigenvalue weighted by atomic mass is 32.2. The van der Waals surface area contributed by atoms with Gasteiger partial charge in [-0.1, -0.05) is 0 Å². The fourth-order valence-corrected chi connectivity index (χ4v) is 2.26. The van der Waals surface area contributed by atoms with Crippen molar-refractivity contribution in [1.82, 2.24) is 0 Å². The maximum absolute atomic E-state index is 12.0. The number of hydrogen-bond acceptors (Lipinski definition) is 3. The first-order valence-corrected chi connectivity index (χ1v) is 6.31. The van der Waals surface area contributed by atoms with Crippen LogP contribution in [0.2, 0.25) is 0 Å². The van der Waals surface area contributed by atoms with E-state index in [1.54, 1.807) is 13.8 Å². The molecule has 94 valence electrons. The van der Waals surface area contributed by atoms with Crippen LogP contribution >= 0.6 is 0 Å². The molecule has 1 aromatic carbocycles. The minimum absolute atomic E-state index is 0.00625. The third kappa shape index (κ3) is 3.01. The number of amides is 1. The molecule has 0 aliphatic carbocycles. The zero-order valence-corrected chi connectivity index (χ0v) is 10.3. The molecule has 0 fully saturated rings. The molecule has 0 atom stereocenters. The van der Waals surface area contributed by atoms with Crippen LogP contribution < -0.4 is 10.5 Å². The lowest BCUT2D eigenvalue weighted by atomic mass is 10.1. The Balaban J connectivity index is 3.25. The first-order chi connectivity index (χ1) is 7.77. The Morgan fingerprint density at radius 2 is 1.94 bits per heavy atom. The molecule has 0 bridgehead atoms. The lowest BCUT2D eigenvalue weighted by Gasteiger charge is -2.12. The van der Waals surface area contributed by atoms with Crippen LogP contribution in [0.5, 0.6) is 0 Å². The van der Waals surface area contributed by atoms with Crippen molar-refractivity contribution in [3.05, 3.63) is 23.3 Å². The van der Waals surface area contributed by atoms with E-state index >= 15 is 0 Å². The average Bonchev–Trinajstić information content (AvgIpc) is 2.22. The van der Waals surface area contributed by atoms with E-state index in [1.165, 1.54) is 12.1 Å². The summed E-state index contributed by atoms with van der Waals surface area (Å²) in [5.41, 5.74) is 1.35. The van der Waals surface area contributed by atoms with Gasteiger partial charge in [0.25, 0.3) is 5.91 Å². The van der Waals surface area contributed by atoms with Crippen LogP contribution in [0.4, 0.5) is 10.1 Å². The van der Waals surface area contributed by atoms with Crippen LogP contribution in [-0.2, 0) is 14.8 Å². The number of anilines is 1. The van der Waals surface area contributed by atoms with Gasteiger partial charge in [0.1, 0.15) is 0 Å². The molecule has 0 aliphatic rings. The fourth-order valence-electron chi connectivity index (χ4n) is 1.42. The standard InChI is InChI=1S/C10H13FN2O3S/c1-6-7(2)9(17(12,15)16)4-3-8(6)13-10(14)5-11/h3-4H,5H2,1-2H3,(H,13,14)(H2,12,15,16). The SMILES string of the molecule is Cc1c(NC(=O)CF)ccc(S(N)(=O)=O)c1C. The van der Waals surface area contributed by atoms with Crippen molar-refractivity contribution in [2.75, 3.05) is 12.0 Å². The predicted molar refractivity (Wildman–Crippen MR) is 61.9 cm³/mol. The lowest BCUT2D eigenvalue weighted by Crippen LogP contribution is -2.17. The Morgan fingerprint density at radius 1 is 1.35 bits per heavy atom. The molecule has 0 saturated carbocycles. The molecule has 0 saturated heterocycles.